The van der Waals surface area contributed by atoms with Gasteiger partial charge in [0, 0.05) is 24.6 Å². The highest BCUT2D eigenvalue weighted by Gasteiger charge is 2.32. The Kier molecular flexibility index (Phi) is 6.52. The molecule has 1 aromatic carbocycles. The average Bonchev–Trinajstić information content (AvgIpc) is 2.79. The SMILES string of the molecule is CCn1c(C)cc(O)c([C@@H](c2cccnc2)N2CCC(Cc3ccccc3)CC2)c1=O. The van der Waals surface area contributed by atoms with Gasteiger partial charge < -0.3 is 9.67 Å². The van der Waals surface area contributed by atoms with E-state index >= 15 is 0 Å². The van der Waals surface area contributed by atoms with Crippen LogP contribution in [0.2, 0.25) is 0 Å². The highest BCUT2D eigenvalue weighted by Crippen LogP contribution is 2.35. The fraction of sp³-hybridized carbons (Fsp3) is 0.385. The fourth-order valence-electron chi connectivity index (χ4n) is 4.88. The second kappa shape index (κ2) is 9.48. The number of aromatic nitrogens is 2. The number of aromatic hydroxyl groups is 1. The molecule has 0 unspecified atom stereocenters. The van der Waals surface area contributed by atoms with Crippen LogP contribution >= 0.6 is 0 Å². The Hall–Kier alpha value is -2.92. The molecule has 5 heteroatoms. The Balaban J connectivity index is 1.63. The number of hydrogen-bond acceptors (Lipinski definition) is 4. The Bertz CT molecular complexity index is 1060. The minimum atomic E-state index is -0.294. The quantitative estimate of drug-likeness (QED) is 0.649. The molecule has 0 aliphatic carbocycles. The minimum Gasteiger partial charge on any atom is -0.507 e. The molecule has 0 amide bonds. The van der Waals surface area contributed by atoms with E-state index in [1.165, 1.54) is 5.56 Å². The van der Waals surface area contributed by atoms with Crippen molar-refractivity contribution in [2.45, 2.75) is 45.7 Å². The van der Waals surface area contributed by atoms with Crippen molar-refractivity contribution in [1.82, 2.24) is 14.5 Å². The number of nitrogens with zero attached hydrogens (tertiary/aromatic N) is 3. The maximum absolute atomic E-state index is 13.4. The van der Waals surface area contributed by atoms with Crippen molar-refractivity contribution in [2.24, 2.45) is 5.92 Å². The molecule has 1 atom stereocenters. The van der Waals surface area contributed by atoms with Gasteiger partial charge in [-0.25, -0.2) is 0 Å². The summed E-state index contributed by atoms with van der Waals surface area (Å²) in [5.41, 5.74) is 3.46. The number of rotatable bonds is 6. The second-order valence-corrected chi connectivity index (χ2v) is 8.49. The van der Waals surface area contributed by atoms with E-state index in [0.29, 0.717) is 18.0 Å². The van der Waals surface area contributed by atoms with E-state index in [1.54, 1.807) is 16.8 Å². The Morgan fingerprint density at radius 2 is 1.87 bits per heavy atom. The van der Waals surface area contributed by atoms with Crippen LogP contribution in [0.4, 0.5) is 0 Å². The number of likely N-dealkylation sites (tertiary alicyclic amines) is 1. The van der Waals surface area contributed by atoms with Crippen LogP contribution in [0.25, 0.3) is 0 Å². The van der Waals surface area contributed by atoms with Crippen molar-refractivity contribution in [2.75, 3.05) is 13.1 Å². The van der Waals surface area contributed by atoms with Gasteiger partial charge in [0.05, 0.1) is 11.6 Å². The number of piperidine rings is 1. The zero-order valence-corrected chi connectivity index (χ0v) is 18.4. The van der Waals surface area contributed by atoms with Crippen molar-refractivity contribution < 1.29 is 5.11 Å². The summed E-state index contributed by atoms with van der Waals surface area (Å²) in [5.74, 6) is 0.708. The molecule has 5 nitrogen and oxygen atoms in total. The van der Waals surface area contributed by atoms with Crippen molar-refractivity contribution in [3.8, 4) is 5.75 Å². The van der Waals surface area contributed by atoms with Crippen molar-refractivity contribution in [3.05, 3.63) is 93.7 Å². The monoisotopic (exact) mass is 417 g/mol. The van der Waals surface area contributed by atoms with Gasteiger partial charge >= 0.3 is 0 Å². The summed E-state index contributed by atoms with van der Waals surface area (Å²) >= 11 is 0. The van der Waals surface area contributed by atoms with Gasteiger partial charge in [-0.2, -0.15) is 0 Å². The highest BCUT2D eigenvalue weighted by molar-refractivity contribution is 5.40. The van der Waals surface area contributed by atoms with Gasteiger partial charge in [-0.1, -0.05) is 36.4 Å². The lowest BCUT2D eigenvalue weighted by molar-refractivity contribution is 0.148. The highest BCUT2D eigenvalue weighted by atomic mass is 16.3. The summed E-state index contributed by atoms with van der Waals surface area (Å²) in [6.45, 7) is 6.18. The van der Waals surface area contributed by atoms with Gasteiger partial charge in [-0.15, -0.1) is 0 Å². The third-order valence-electron chi connectivity index (χ3n) is 6.49. The predicted octanol–water partition coefficient (Wildman–Crippen LogP) is 4.32. The molecule has 1 saturated heterocycles. The molecular weight excluding hydrogens is 386 g/mol. The first-order valence-electron chi connectivity index (χ1n) is 11.2. The average molecular weight is 418 g/mol. The largest absolute Gasteiger partial charge is 0.507 e. The molecule has 3 heterocycles. The van der Waals surface area contributed by atoms with Crippen molar-refractivity contribution in [3.63, 3.8) is 0 Å². The van der Waals surface area contributed by atoms with Crippen molar-refractivity contribution in [1.29, 1.82) is 0 Å². The van der Waals surface area contributed by atoms with E-state index in [0.717, 1.165) is 43.6 Å². The van der Waals surface area contributed by atoms with E-state index in [-0.39, 0.29) is 17.4 Å². The van der Waals surface area contributed by atoms with Gasteiger partial charge in [0.2, 0.25) is 0 Å². The Labute approximate surface area is 184 Å². The fourth-order valence-corrected chi connectivity index (χ4v) is 4.88. The van der Waals surface area contributed by atoms with Crippen molar-refractivity contribution >= 4 is 0 Å². The van der Waals surface area contributed by atoms with Crippen LogP contribution in [-0.4, -0.2) is 32.6 Å². The standard InChI is InChI=1S/C26H31N3O2/c1-3-29-19(2)16-23(30)24(26(29)31)25(22-10-7-13-27-18-22)28-14-11-21(12-15-28)17-20-8-5-4-6-9-20/h4-10,13,16,18,21,25,30H,3,11-12,14-15,17H2,1-2H3/t25-/m1/s1. The molecule has 0 spiro atoms. The molecular formula is C26H31N3O2. The van der Waals surface area contributed by atoms with E-state index in [4.69, 9.17) is 0 Å². The number of hydrogen-bond donors (Lipinski definition) is 1. The number of benzene rings is 1. The smallest absolute Gasteiger partial charge is 0.259 e. The topological polar surface area (TPSA) is 58.4 Å². The molecule has 4 rings (SSSR count). The molecule has 162 valence electrons. The van der Waals surface area contributed by atoms with E-state index in [9.17, 15) is 9.90 Å². The number of aryl methyl sites for hydroxylation is 1. The molecule has 1 fully saturated rings. The third kappa shape index (κ3) is 4.57. The molecule has 1 aliphatic rings. The van der Waals surface area contributed by atoms with Crippen LogP contribution in [0, 0.1) is 12.8 Å². The first-order valence-corrected chi connectivity index (χ1v) is 11.2. The minimum absolute atomic E-state index is 0.0764. The summed E-state index contributed by atoms with van der Waals surface area (Å²) in [6.07, 6.45) is 6.78. The zero-order valence-electron chi connectivity index (χ0n) is 18.4. The van der Waals surface area contributed by atoms with Gasteiger partial charge in [0.15, 0.2) is 0 Å². The molecule has 2 aromatic heterocycles. The maximum atomic E-state index is 13.4. The number of pyridine rings is 2. The van der Waals surface area contributed by atoms with Crippen LogP contribution in [-0.2, 0) is 13.0 Å². The van der Waals surface area contributed by atoms with Crippen LogP contribution < -0.4 is 5.56 Å². The molecule has 0 radical (unpaired) electrons. The Morgan fingerprint density at radius 1 is 1.13 bits per heavy atom. The zero-order chi connectivity index (χ0) is 21.8. The van der Waals surface area contributed by atoms with E-state index < -0.39 is 0 Å². The summed E-state index contributed by atoms with van der Waals surface area (Å²) in [6, 6.07) is 16.0. The second-order valence-electron chi connectivity index (χ2n) is 8.49. The molecule has 1 aliphatic heterocycles. The summed E-state index contributed by atoms with van der Waals surface area (Å²) in [4.78, 5) is 20.0. The van der Waals surface area contributed by atoms with Gasteiger partial charge in [0.1, 0.15) is 5.75 Å². The Morgan fingerprint density at radius 3 is 2.52 bits per heavy atom. The predicted molar refractivity (Wildman–Crippen MR) is 123 cm³/mol. The first-order chi connectivity index (χ1) is 15.1. The summed E-state index contributed by atoms with van der Waals surface area (Å²) < 4.78 is 1.74. The molecule has 0 bridgehead atoms. The maximum Gasteiger partial charge on any atom is 0.259 e. The van der Waals surface area contributed by atoms with Gasteiger partial charge in [-0.05, 0) is 75.4 Å². The summed E-state index contributed by atoms with van der Waals surface area (Å²) in [5, 5.41) is 10.8. The third-order valence-corrected chi connectivity index (χ3v) is 6.49. The normalized spacial score (nSPS) is 16.3. The lowest BCUT2D eigenvalue weighted by Crippen LogP contribution is -2.40. The van der Waals surface area contributed by atoms with Crippen LogP contribution in [0.1, 0.15) is 48.2 Å². The lowest BCUT2D eigenvalue weighted by atomic mass is 9.88. The van der Waals surface area contributed by atoms with Gasteiger partial charge in [-0.3, -0.25) is 14.7 Å². The summed E-state index contributed by atoms with van der Waals surface area (Å²) in [7, 11) is 0. The molecule has 1 N–H and O–H groups in total. The van der Waals surface area contributed by atoms with Crippen LogP contribution in [0.3, 0.4) is 0 Å². The van der Waals surface area contributed by atoms with E-state index in [1.807, 2.05) is 32.2 Å². The van der Waals surface area contributed by atoms with E-state index in [2.05, 4.69) is 40.2 Å². The van der Waals surface area contributed by atoms with Gasteiger partial charge in [0.25, 0.3) is 5.56 Å². The van der Waals surface area contributed by atoms with Crippen LogP contribution in [0.15, 0.2) is 65.7 Å². The molecule has 31 heavy (non-hydrogen) atoms. The molecule has 3 aromatic rings. The van der Waals surface area contributed by atoms with Crippen LogP contribution in [0.5, 0.6) is 5.75 Å². The first kappa shape index (κ1) is 21.3. The molecule has 0 saturated carbocycles. The lowest BCUT2D eigenvalue weighted by Gasteiger charge is -2.38.